The zero-order valence-corrected chi connectivity index (χ0v) is 8.83. The molecule has 0 saturated carbocycles. The van der Waals surface area contributed by atoms with Crippen LogP contribution >= 0.6 is 0 Å². The van der Waals surface area contributed by atoms with E-state index >= 15 is 0 Å². The number of ether oxygens (including phenoxy) is 1. The summed E-state index contributed by atoms with van der Waals surface area (Å²) in [7, 11) is 1.29. The molecule has 0 fully saturated rings. The van der Waals surface area contributed by atoms with Crippen molar-refractivity contribution in [3.63, 3.8) is 0 Å². The summed E-state index contributed by atoms with van der Waals surface area (Å²) in [6.07, 6.45) is 0.409. The molecule has 0 radical (unpaired) electrons. The van der Waals surface area contributed by atoms with Gasteiger partial charge in [-0.2, -0.15) is 4.91 Å². The smallest absolute Gasteiger partial charge is 0.351 e. The van der Waals surface area contributed by atoms with E-state index in [9.17, 15) is 4.79 Å². The van der Waals surface area contributed by atoms with Gasteiger partial charge in [0.1, 0.15) is 0 Å². The lowest BCUT2D eigenvalue weighted by molar-refractivity contribution is -0.143. The molecular weight excluding hydrogens is 208 g/mol. The molecule has 6 nitrogen and oxygen atoms in total. The molecule has 0 aliphatic rings. The number of hydrogen-bond acceptors (Lipinski definition) is 3. The number of hydrogen-bond donors (Lipinski definition) is 1. The SMILES string of the molecule is COC(=O)[C@H](Cc1ccccc1)NN=[N+]=[N-]. The summed E-state index contributed by atoms with van der Waals surface area (Å²) < 4.78 is 4.60. The number of benzene rings is 1. The molecule has 1 atom stereocenters. The second kappa shape index (κ2) is 6.31. The molecule has 6 heteroatoms. The fraction of sp³-hybridized carbons (Fsp3) is 0.300. The Balaban J connectivity index is 2.70. The maximum Gasteiger partial charge on any atom is 0.351 e. The van der Waals surface area contributed by atoms with Crippen LogP contribution in [0.1, 0.15) is 5.56 Å². The topological polar surface area (TPSA) is 87.1 Å². The van der Waals surface area contributed by atoms with E-state index in [0.29, 0.717) is 6.42 Å². The fourth-order valence-electron chi connectivity index (χ4n) is 1.27. The van der Waals surface area contributed by atoms with Gasteiger partial charge in [-0.15, -0.1) is 5.53 Å². The molecule has 0 saturated heterocycles. The summed E-state index contributed by atoms with van der Waals surface area (Å²) >= 11 is 0. The molecule has 0 spiro atoms. The van der Waals surface area contributed by atoms with Crippen LogP contribution in [0.3, 0.4) is 0 Å². The fourth-order valence-corrected chi connectivity index (χ4v) is 1.27. The summed E-state index contributed by atoms with van der Waals surface area (Å²) in [5.41, 5.74) is 11.5. The highest BCUT2D eigenvalue weighted by Gasteiger charge is 2.21. The Labute approximate surface area is 92.8 Å². The molecule has 0 aromatic heterocycles. The highest BCUT2D eigenvalue weighted by molar-refractivity contribution is 5.75. The third-order valence-corrected chi connectivity index (χ3v) is 2.03. The van der Waals surface area contributed by atoms with Crippen LogP contribution in [0.15, 0.2) is 35.6 Å². The monoisotopic (exact) mass is 220 g/mol. The molecule has 16 heavy (non-hydrogen) atoms. The van der Waals surface area contributed by atoms with Crippen LogP contribution in [0.25, 0.3) is 10.4 Å². The predicted molar refractivity (Wildman–Crippen MR) is 58.2 cm³/mol. The van der Waals surface area contributed by atoms with Gasteiger partial charge < -0.3 is 4.74 Å². The average Bonchev–Trinajstić information content (AvgIpc) is 2.34. The van der Waals surface area contributed by atoms with Crippen LogP contribution in [0.5, 0.6) is 0 Å². The van der Waals surface area contributed by atoms with Crippen LogP contribution < -0.4 is 5.43 Å². The number of nitrogens with one attached hydrogen (secondary N) is 1. The first kappa shape index (κ1) is 11.9. The molecule has 0 unspecified atom stereocenters. The molecule has 1 aromatic rings. The van der Waals surface area contributed by atoms with E-state index in [2.05, 4.69) is 20.3 Å². The Hall–Kier alpha value is -2.20. The van der Waals surface area contributed by atoms with E-state index in [0.717, 1.165) is 5.56 Å². The van der Waals surface area contributed by atoms with E-state index in [1.54, 1.807) is 0 Å². The van der Waals surface area contributed by atoms with Crippen molar-refractivity contribution in [1.82, 2.24) is 5.43 Å². The van der Waals surface area contributed by atoms with Gasteiger partial charge in [-0.3, -0.25) is 0 Å². The Kier molecular flexibility index (Phi) is 4.69. The van der Waals surface area contributed by atoms with Crippen LogP contribution in [0.4, 0.5) is 0 Å². The molecule has 1 N–H and O–H groups in total. The molecule has 84 valence electrons. The lowest BCUT2D eigenvalue weighted by Gasteiger charge is -2.10. The molecule has 0 amide bonds. The second-order valence-corrected chi connectivity index (χ2v) is 3.08. The lowest BCUT2D eigenvalue weighted by atomic mass is 10.1. The van der Waals surface area contributed by atoms with E-state index < -0.39 is 12.0 Å². The first-order valence-electron chi connectivity index (χ1n) is 4.69. The van der Waals surface area contributed by atoms with Crippen molar-refractivity contribution < 1.29 is 9.53 Å². The van der Waals surface area contributed by atoms with Gasteiger partial charge in [-0.05, 0) is 10.8 Å². The van der Waals surface area contributed by atoms with Crippen LogP contribution in [-0.4, -0.2) is 19.1 Å². The quantitative estimate of drug-likeness (QED) is 0.269. The summed E-state index contributed by atoms with van der Waals surface area (Å²) in [5.74, 6) is -0.462. The Morgan fingerprint density at radius 2 is 2.25 bits per heavy atom. The third-order valence-electron chi connectivity index (χ3n) is 2.03. The summed E-state index contributed by atoms with van der Waals surface area (Å²) in [6, 6.07) is 8.73. The van der Waals surface area contributed by atoms with Crippen molar-refractivity contribution in [2.24, 2.45) is 5.22 Å². The van der Waals surface area contributed by atoms with Gasteiger partial charge >= 0.3 is 5.97 Å². The van der Waals surface area contributed by atoms with Crippen molar-refractivity contribution >= 4 is 5.97 Å². The van der Waals surface area contributed by atoms with Crippen molar-refractivity contribution in [2.75, 3.05) is 7.11 Å². The highest BCUT2D eigenvalue weighted by Crippen LogP contribution is 2.04. The number of rotatable bonds is 5. The summed E-state index contributed by atoms with van der Waals surface area (Å²) in [5, 5.41) is 3.17. The zero-order valence-electron chi connectivity index (χ0n) is 8.83. The van der Waals surface area contributed by atoms with E-state index in [-0.39, 0.29) is 0 Å². The Bertz CT molecular complexity index is 387. The molecule has 1 rings (SSSR count). The highest BCUT2D eigenvalue weighted by atomic mass is 16.5. The largest absolute Gasteiger partial charge is 0.466 e. The first-order chi connectivity index (χ1) is 7.77. The van der Waals surface area contributed by atoms with Crippen molar-refractivity contribution in [1.29, 1.82) is 0 Å². The second-order valence-electron chi connectivity index (χ2n) is 3.08. The predicted octanol–water partition coefficient (Wildman–Crippen LogP) is 1.59. The normalized spacial score (nSPS) is 11.1. The van der Waals surface area contributed by atoms with Gasteiger partial charge in [0.2, 0.25) is 0 Å². The summed E-state index contributed by atoms with van der Waals surface area (Å²) in [6.45, 7) is 0. The Morgan fingerprint density at radius 1 is 1.56 bits per heavy atom. The number of esters is 1. The van der Waals surface area contributed by atoms with Crippen LogP contribution in [0, 0.1) is 0 Å². The van der Waals surface area contributed by atoms with Crippen molar-refractivity contribution in [2.45, 2.75) is 12.5 Å². The van der Waals surface area contributed by atoms with Gasteiger partial charge in [0.25, 0.3) is 0 Å². The lowest BCUT2D eigenvalue weighted by Crippen LogP contribution is -2.36. The number of carbonyl (C=O) groups is 1. The van der Waals surface area contributed by atoms with Crippen molar-refractivity contribution in [3.05, 3.63) is 46.3 Å². The third kappa shape index (κ3) is 3.51. The zero-order chi connectivity index (χ0) is 11.8. The minimum atomic E-state index is -0.664. The average molecular weight is 220 g/mol. The maximum atomic E-state index is 11.4. The van der Waals surface area contributed by atoms with Gasteiger partial charge in [-0.1, -0.05) is 30.3 Å². The maximum absolute atomic E-state index is 11.4. The molecule has 0 heterocycles. The molecule has 1 aromatic carbocycles. The van der Waals surface area contributed by atoms with E-state index in [4.69, 9.17) is 5.53 Å². The number of methoxy groups -OCH3 is 1. The summed E-state index contributed by atoms with van der Waals surface area (Å²) in [4.78, 5) is 13.9. The number of nitrogens with zero attached hydrogens (tertiary/aromatic N) is 3. The Morgan fingerprint density at radius 3 is 2.81 bits per heavy atom. The molecule has 0 bridgehead atoms. The first-order valence-corrected chi connectivity index (χ1v) is 4.69. The van der Waals surface area contributed by atoms with Gasteiger partial charge in [0, 0.05) is 6.42 Å². The minimum absolute atomic E-state index is 0.409. The van der Waals surface area contributed by atoms with E-state index in [1.165, 1.54) is 7.11 Å². The van der Waals surface area contributed by atoms with E-state index in [1.807, 2.05) is 30.3 Å². The number of carbonyl (C=O) groups excluding carboxylic acids is 1. The number of azide groups is 1. The van der Waals surface area contributed by atoms with Gasteiger partial charge in [0.05, 0.1) is 7.11 Å². The van der Waals surface area contributed by atoms with Crippen LogP contribution in [-0.2, 0) is 16.0 Å². The van der Waals surface area contributed by atoms with Crippen molar-refractivity contribution in [3.8, 4) is 0 Å². The molecule has 0 aliphatic heterocycles. The molecular formula is C10H12N4O2. The molecule has 0 aliphatic carbocycles. The van der Waals surface area contributed by atoms with Gasteiger partial charge in [-0.25, -0.2) is 10.2 Å². The van der Waals surface area contributed by atoms with Crippen LogP contribution in [0.2, 0.25) is 0 Å². The minimum Gasteiger partial charge on any atom is -0.466 e. The standard InChI is InChI=1S/C10H12N4O2/c1-16-10(15)9(12-14-13-11)7-8-5-3-2-4-6-8/h2-6,9,12H,7H2,1H3/t9-/m0/s1. The van der Waals surface area contributed by atoms with Gasteiger partial charge in [0.15, 0.2) is 6.04 Å².